The molecule has 2 aromatic rings. The first-order valence-corrected chi connectivity index (χ1v) is 7.87. The number of thiophene rings is 1. The maximum absolute atomic E-state index is 10.5. The largest absolute Gasteiger partial charge is 0.388 e. The van der Waals surface area contributed by atoms with Crippen LogP contribution < -0.4 is 0 Å². The van der Waals surface area contributed by atoms with E-state index in [0.29, 0.717) is 0 Å². The highest BCUT2D eigenvalue weighted by molar-refractivity contribution is 7.17. The number of benzene rings is 1. The first kappa shape index (κ1) is 12.2. The molecule has 1 aromatic carbocycles. The first-order valence-electron chi connectivity index (χ1n) is 6.99. The summed E-state index contributed by atoms with van der Waals surface area (Å²) in [6.07, 6.45) is 7.34. The summed E-state index contributed by atoms with van der Waals surface area (Å²) in [5, 5.41) is 13.9. The van der Waals surface area contributed by atoms with Crippen LogP contribution in [0.15, 0.2) is 29.6 Å². The van der Waals surface area contributed by atoms with Gasteiger partial charge in [-0.2, -0.15) is 0 Å². The fourth-order valence-corrected chi connectivity index (χ4v) is 4.11. The molecule has 0 amide bonds. The third kappa shape index (κ3) is 2.45. The quantitative estimate of drug-likeness (QED) is 0.831. The molecule has 1 saturated carbocycles. The minimum Gasteiger partial charge on any atom is -0.388 e. The lowest BCUT2D eigenvalue weighted by Gasteiger charge is -2.24. The van der Waals surface area contributed by atoms with E-state index in [-0.39, 0.29) is 6.10 Å². The van der Waals surface area contributed by atoms with Crippen LogP contribution in [-0.4, -0.2) is 5.11 Å². The molecule has 1 fully saturated rings. The molecule has 18 heavy (non-hydrogen) atoms. The zero-order valence-electron chi connectivity index (χ0n) is 10.6. The van der Waals surface area contributed by atoms with E-state index in [4.69, 9.17) is 0 Å². The van der Waals surface area contributed by atoms with Crippen molar-refractivity contribution >= 4 is 21.4 Å². The predicted octanol–water partition coefficient (Wildman–Crippen LogP) is 4.91. The molecule has 1 unspecified atom stereocenters. The molecule has 1 atom stereocenters. The second-order valence-electron chi connectivity index (χ2n) is 5.44. The van der Waals surface area contributed by atoms with Crippen molar-refractivity contribution in [3.8, 4) is 0 Å². The summed E-state index contributed by atoms with van der Waals surface area (Å²) in [5.41, 5.74) is 1.13. The minimum absolute atomic E-state index is 0.282. The van der Waals surface area contributed by atoms with Crippen LogP contribution in [0.3, 0.4) is 0 Å². The van der Waals surface area contributed by atoms with Crippen LogP contribution in [0.4, 0.5) is 0 Å². The van der Waals surface area contributed by atoms with Gasteiger partial charge in [0.05, 0.1) is 6.10 Å². The van der Waals surface area contributed by atoms with Gasteiger partial charge in [0.1, 0.15) is 0 Å². The number of hydrogen-bond donors (Lipinski definition) is 1. The Labute approximate surface area is 112 Å². The Balaban J connectivity index is 1.78. The van der Waals surface area contributed by atoms with Crippen LogP contribution in [0, 0.1) is 5.92 Å². The van der Waals surface area contributed by atoms with Gasteiger partial charge in [-0.3, -0.25) is 0 Å². The second-order valence-corrected chi connectivity index (χ2v) is 6.36. The number of hydrogen-bond acceptors (Lipinski definition) is 2. The lowest BCUT2D eigenvalue weighted by atomic mass is 9.84. The SMILES string of the molecule is OC(CC1CCCCC1)c1cccc2ccsc12. The van der Waals surface area contributed by atoms with Crippen molar-refractivity contribution in [2.75, 3.05) is 0 Å². The molecule has 96 valence electrons. The molecule has 1 aromatic heterocycles. The molecule has 1 aliphatic carbocycles. The van der Waals surface area contributed by atoms with Gasteiger partial charge in [0.15, 0.2) is 0 Å². The van der Waals surface area contributed by atoms with Gasteiger partial charge in [-0.05, 0) is 34.7 Å². The van der Waals surface area contributed by atoms with E-state index in [1.54, 1.807) is 11.3 Å². The van der Waals surface area contributed by atoms with E-state index in [2.05, 4.69) is 29.6 Å². The van der Waals surface area contributed by atoms with Crippen LogP contribution in [0.1, 0.15) is 50.2 Å². The van der Waals surface area contributed by atoms with Crippen molar-refractivity contribution < 1.29 is 5.11 Å². The summed E-state index contributed by atoms with van der Waals surface area (Å²) in [6.45, 7) is 0. The van der Waals surface area contributed by atoms with E-state index in [1.165, 1.54) is 42.2 Å². The summed E-state index contributed by atoms with van der Waals surface area (Å²) < 4.78 is 1.26. The zero-order valence-corrected chi connectivity index (χ0v) is 11.5. The minimum atomic E-state index is -0.282. The summed E-state index contributed by atoms with van der Waals surface area (Å²) in [4.78, 5) is 0. The van der Waals surface area contributed by atoms with Crippen molar-refractivity contribution in [3.63, 3.8) is 0 Å². The highest BCUT2D eigenvalue weighted by Crippen LogP contribution is 2.35. The second kappa shape index (κ2) is 5.41. The van der Waals surface area contributed by atoms with Gasteiger partial charge < -0.3 is 5.11 Å². The van der Waals surface area contributed by atoms with E-state index < -0.39 is 0 Å². The van der Waals surface area contributed by atoms with Crippen molar-refractivity contribution in [1.82, 2.24) is 0 Å². The third-order valence-corrected chi connectivity index (χ3v) is 5.13. The van der Waals surface area contributed by atoms with Crippen molar-refractivity contribution in [2.24, 2.45) is 5.92 Å². The van der Waals surface area contributed by atoms with Crippen molar-refractivity contribution in [3.05, 3.63) is 35.2 Å². The fourth-order valence-electron chi connectivity index (χ4n) is 3.14. The maximum Gasteiger partial charge on any atom is 0.0806 e. The average Bonchev–Trinajstić information content (AvgIpc) is 2.87. The maximum atomic E-state index is 10.5. The van der Waals surface area contributed by atoms with E-state index >= 15 is 0 Å². The van der Waals surface area contributed by atoms with E-state index in [0.717, 1.165) is 17.9 Å². The van der Waals surface area contributed by atoms with E-state index in [9.17, 15) is 5.11 Å². The molecule has 0 aliphatic heterocycles. The fraction of sp³-hybridized carbons (Fsp3) is 0.500. The molecular weight excluding hydrogens is 240 g/mol. The Kier molecular flexibility index (Phi) is 3.67. The van der Waals surface area contributed by atoms with Crippen LogP contribution in [0.25, 0.3) is 10.1 Å². The highest BCUT2D eigenvalue weighted by Gasteiger charge is 2.20. The van der Waals surface area contributed by atoms with Gasteiger partial charge in [-0.1, -0.05) is 50.3 Å². The highest BCUT2D eigenvalue weighted by atomic mass is 32.1. The number of aliphatic hydroxyl groups is 1. The number of fused-ring (bicyclic) bond motifs is 1. The molecule has 1 aliphatic rings. The lowest BCUT2D eigenvalue weighted by Crippen LogP contribution is -2.11. The van der Waals surface area contributed by atoms with Gasteiger partial charge in [0.25, 0.3) is 0 Å². The van der Waals surface area contributed by atoms with Gasteiger partial charge in [-0.15, -0.1) is 11.3 Å². The van der Waals surface area contributed by atoms with Gasteiger partial charge in [0.2, 0.25) is 0 Å². The monoisotopic (exact) mass is 260 g/mol. The van der Waals surface area contributed by atoms with Crippen molar-refractivity contribution in [2.45, 2.75) is 44.6 Å². The molecule has 0 radical (unpaired) electrons. The van der Waals surface area contributed by atoms with Crippen LogP contribution in [0.2, 0.25) is 0 Å². The smallest absolute Gasteiger partial charge is 0.0806 e. The van der Waals surface area contributed by atoms with Gasteiger partial charge in [0, 0.05) is 4.70 Å². The Morgan fingerprint density at radius 2 is 2.00 bits per heavy atom. The Morgan fingerprint density at radius 1 is 1.17 bits per heavy atom. The van der Waals surface area contributed by atoms with Gasteiger partial charge in [-0.25, -0.2) is 0 Å². The summed E-state index contributed by atoms with van der Waals surface area (Å²) in [5.74, 6) is 0.726. The van der Waals surface area contributed by atoms with Crippen molar-refractivity contribution in [1.29, 1.82) is 0 Å². The molecule has 0 bridgehead atoms. The Bertz CT molecular complexity index is 511. The number of rotatable bonds is 3. The standard InChI is InChI=1S/C16H20OS/c17-15(11-12-5-2-1-3-6-12)14-8-4-7-13-9-10-18-16(13)14/h4,7-10,12,15,17H,1-3,5-6,11H2. The predicted molar refractivity (Wildman–Crippen MR) is 78.0 cm³/mol. The topological polar surface area (TPSA) is 20.2 Å². The normalized spacial score (nSPS) is 19.2. The Morgan fingerprint density at radius 3 is 2.83 bits per heavy atom. The molecule has 1 nitrogen and oxygen atoms in total. The molecule has 3 rings (SSSR count). The molecular formula is C16H20OS. The Hall–Kier alpha value is -0.860. The lowest BCUT2D eigenvalue weighted by molar-refractivity contribution is 0.133. The van der Waals surface area contributed by atoms with Crippen LogP contribution in [-0.2, 0) is 0 Å². The van der Waals surface area contributed by atoms with Crippen LogP contribution >= 0.6 is 11.3 Å². The summed E-state index contributed by atoms with van der Waals surface area (Å²) in [7, 11) is 0. The average molecular weight is 260 g/mol. The molecule has 2 heteroatoms. The molecule has 0 spiro atoms. The molecule has 1 N–H and O–H groups in total. The van der Waals surface area contributed by atoms with Gasteiger partial charge >= 0.3 is 0 Å². The molecule has 1 heterocycles. The van der Waals surface area contributed by atoms with Crippen LogP contribution in [0.5, 0.6) is 0 Å². The first-order chi connectivity index (χ1) is 8.84. The van der Waals surface area contributed by atoms with E-state index in [1.807, 2.05) is 0 Å². The zero-order chi connectivity index (χ0) is 12.4. The number of aliphatic hydroxyl groups excluding tert-OH is 1. The third-order valence-electron chi connectivity index (χ3n) is 4.15. The summed E-state index contributed by atoms with van der Waals surface area (Å²) >= 11 is 1.74. The summed E-state index contributed by atoms with van der Waals surface area (Å²) in [6, 6.07) is 8.42. The molecule has 0 saturated heterocycles.